The number of rotatable bonds is 3. The number of esters is 1. The zero-order chi connectivity index (χ0) is 18.1. The Morgan fingerprint density at radius 2 is 1.92 bits per heavy atom. The molecular weight excluding hydrogens is 381 g/mol. The van der Waals surface area contributed by atoms with E-state index in [1.807, 2.05) is 0 Å². The van der Waals surface area contributed by atoms with Crippen LogP contribution >= 0.6 is 34.5 Å². The first-order chi connectivity index (χ1) is 11.9. The highest BCUT2D eigenvalue weighted by Crippen LogP contribution is 2.40. The highest BCUT2D eigenvalue weighted by Gasteiger charge is 2.29. The van der Waals surface area contributed by atoms with Crippen molar-refractivity contribution in [1.82, 2.24) is 0 Å². The number of nitrogens with one attached hydrogen (secondary N) is 1. The number of amides is 1. The molecule has 132 valence electrons. The standard InChI is InChI=1S/C18H17Cl2NO3S/c1-9-6-7-10-13(8-9)25-17(14(10)18(23)24-2)21-16(22)15-11(19)4-3-5-12(15)20/h3-5,9H,6-8H2,1-2H3,(H,21,22). The van der Waals surface area contributed by atoms with Gasteiger partial charge in [0.15, 0.2) is 0 Å². The van der Waals surface area contributed by atoms with E-state index in [4.69, 9.17) is 27.9 Å². The normalized spacial score (nSPS) is 16.2. The van der Waals surface area contributed by atoms with Crippen molar-refractivity contribution in [3.63, 3.8) is 0 Å². The van der Waals surface area contributed by atoms with E-state index in [0.717, 1.165) is 29.7 Å². The lowest BCUT2D eigenvalue weighted by Crippen LogP contribution is -2.16. The van der Waals surface area contributed by atoms with Gasteiger partial charge in [0.05, 0.1) is 28.3 Å². The summed E-state index contributed by atoms with van der Waals surface area (Å²) in [4.78, 5) is 26.1. The molecule has 1 aliphatic rings. The Balaban J connectivity index is 2.00. The largest absolute Gasteiger partial charge is 0.465 e. The van der Waals surface area contributed by atoms with Gasteiger partial charge in [-0.3, -0.25) is 4.79 Å². The van der Waals surface area contributed by atoms with Crippen LogP contribution in [0.15, 0.2) is 18.2 Å². The van der Waals surface area contributed by atoms with Crippen molar-refractivity contribution in [3.05, 3.63) is 49.8 Å². The van der Waals surface area contributed by atoms with Crippen molar-refractivity contribution < 1.29 is 14.3 Å². The Labute approximate surface area is 160 Å². The third-order valence-corrected chi connectivity index (χ3v) is 6.12. The number of fused-ring (bicyclic) bond motifs is 1. The molecule has 0 aliphatic heterocycles. The Kier molecular flexibility index (Phi) is 5.37. The lowest BCUT2D eigenvalue weighted by atomic mass is 9.88. The van der Waals surface area contributed by atoms with Crippen molar-refractivity contribution in [2.45, 2.75) is 26.2 Å². The van der Waals surface area contributed by atoms with E-state index in [2.05, 4.69) is 12.2 Å². The van der Waals surface area contributed by atoms with Crippen LogP contribution in [-0.2, 0) is 17.6 Å². The maximum atomic E-state index is 12.7. The van der Waals surface area contributed by atoms with Crippen LogP contribution in [0, 0.1) is 5.92 Å². The molecule has 1 amide bonds. The van der Waals surface area contributed by atoms with Crippen molar-refractivity contribution in [3.8, 4) is 0 Å². The predicted octanol–water partition coefficient (Wildman–Crippen LogP) is 5.22. The van der Waals surface area contributed by atoms with Crippen LogP contribution in [0.4, 0.5) is 5.00 Å². The van der Waals surface area contributed by atoms with Gasteiger partial charge in [-0.15, -0.1) is 11.3 Å². The molecule has 0 fully saturated rings. The molecule has 0 bridgehead atoms. The van der Waals surface area contributed by atoms with E-state index in [1.165, 1.54) is 18.4 Å². The molecular formula is C18H17Cl2NO3S. The molecule has 0 radical (unpaired) electrons. The summed E-state index contributed by atoms with van der Waals surface area (Å²) in [5, 5.41) is 3.83. The molecule has 1 aromatic heterocycles. The minimum atomic E-state index is -0.438. The van der Waals surface area contributed by atoms with Crippen LogP contribution in [0.3, 0.4) is 0 Å². The van der Waals surface area contributed by atoms with E-state index in [-0.39, 0.29) is 15.6 Å². The van der Waals surface area contributed by atoms with Gasteiger partial charge >= 0.3 is 5.97 Å². The summed E-state index contributed by atoms with van der Waals surface area (Å²) < 4.78 is 4.93. The van der Waals surface area contributed by atoms with Crippen molar-refractivity contribution in [2.24, 2.45) is 5.92 Å². The SMILES string of the molecule is COC(=O)c1c(NC(=O)c2c(Cl)cccc2Cl)sc2c1CCC(C)C2. The number of carbonyl (C=O) groups is 2. The van der Waals surface area contributed by atoms with Gasteiger partial charge in [0, 0.05) is 4.88 Å². The van der Waals surface area contributed by atoms with E-state index in [9.17, 15) is 9.59 Å². The van der Waals surface area contributed by atoms with E-state index < -0.39 is 11.9 Å². The number of methoxy groups -OCH3 is 1. The lowest BCUT2D eigenvalue weighted by molar-refractivity contribution is 0.0601. The first-order valence-corrected chi connectivity index (χ1v) is 9.47. The maximum absolute atomic E-state index is 12.7. The summed E-state index contributed by atoms with van der Waals surface area (Å²) in [6.45, 7) is 2.18. The smallest absolute Gasteiger partial charge is 0.341 e. The number of halogens is 2. The number of hydrogen-bond donors (Lipinski definition) is 1. The highest BCUT2D eigenvalue weighted by atomic mass is 35.5. The summed E-state index contributed by atoms with van der Waals surface area (Å²) in [6.07, 6.45) is 2.71. The molecule has 1 heterocycles. The topological polar surface area (TPSA) is 55.4 Å². The van der Waals surface area contributed by atoms with Crippen LogP contribution in [0.5, 0.6) is 0 Å². The number of anilines is 1. The van der Waals surface area contributed by atoms with Gasteiger partial charge in [0.1, 0.15) is 5.00 Å². The third-order valence-electron chi connectivity index (χ3n) is 4.32. The second kappa shape index (κ2) is 7.36. The van der Waals surface area contributed by atoms with Gasteiger partial charge < -0.3 is 10.1 Å². The summed E-state index contributed by atoms with van der Waals surface area (Å²) in [5.41, 5.74) is 1.63. The lowest BCUT2D eigenvalue weighted by Gasteiger charge is -2.18. The minimum absolute atomic E-state index is 0.196. The molecule has 0 saturated carbocycles. The second-order valence-corrected chi connectivity index (χ2v) is 8.02. The van der Waals surface area contributed by atoms with E-state index in [1.54, 1.807) is 18.2 Å². The monoisotopic (exact) mass is 397 g/mol. The second-order valence-electron chi connectivity index (χ2n) is 6.10. The van der Waals surface area contributed by atoms with Crippen molar-refractivity contribution in [1.29, 1.82) is 0 Å². The number of hydrogen-bond acceptors (Lipinski definition) is 4. The number of benzene rings is 1. The molecule has 1 N–H and O–H groups in total. The third kappa shape index (κ3) is 3.54. The molecule has 4 nitrogen and oxygen atoms in total. The van der Waals surface area contributed by atoms with Crippen LogP contribution < -0.4 is 5.32 Å². The highest BCUT2D eigenvalue weighted by molar-refractivity contribution is 7.17. The Morgan fingerprint density at radius 3 is 2.56 bits per heavy atom. The zero-order valence-electron chi connectivity index (χ0n) is 13.8. The van der Waals surface area contributed by atoms with Crippen LogP contribution in [0.25, 0.3) is 0 Å². The summed E-state index contributed by atoms with van der Waals surface area (Å²) in [5.74, 6) is -0.321. The molecule has 25 heavy (non-hydrogen) atoms. The molecule has 1 atom stereocenters. The summed E-state index contributed by atoms with van der Waals surface area (Å²) in [6, 6.07) is 4.88. The molecule has 3 rings (SSSR count). The molecule has 1 aromatic carbocycles. The average molecular weight is 398 g/mol. The first kappa shape index (κ1) is 18.2. The Bertz CT molecular complexity index is 827. The number of ether oxygens (including phenoxy) is 1. The minimum Gasteiger partial charge on any atom is -0.465 e. The quantitative estimate of drug-likeness (QED) is 0.722. The van der Waals surface area contributed by atoms with Gasteiger partial charge in [-0.05, 0) is 42.9 Å². The maximum Gasteiger partial charge on any atom is 0.341 e. The van der Waals surface area contributed by atoms with Gasteiger partial charge in [0.2, 0.25) is 0 Å². The van der Waals surface area contributed by atoms with Crippen molar-refractivity contribution in [2.75, 3.05) is 12.4 Å². The molecule has 1 aliphatic carbocycles. The van der Waals surface area contributed by atoms with Crippen LogP contribution in [0.1, 0.15) is 44.5 Å². The van der Waals surface area contributed by atoms with Gasteiger partial charge in [-0.2, -0.15) is 0 Å². The molecule has 0 spiro atoms. The van der Waals surface area contributed by atoms with Gasteiger partial charge in [-0.25, -0.2) is 4.79 Å². The molecule has 0 saturated heterocycles. The summed E-state index contributed by atoms with van der Waals surface area (Å²) >= 11 is 13.6. The van der Waals surface area contributed by atoms with E-state index >= 15 is 0 Å². The summed E-state index contributed by atoms with van der Waals surface area (Å²) in [7, 11) is 1.34. The molecule has 2 aromatic rings. The number of thiophene rings is 1. The Hall–Kier alpha value is -1.56. The van der Waals surface area contributed by atoms with Crippen LogP contribution in [0.2, 0.25) is 10.0 Å². The average Bonchev–Trinajstić information content (AvgIpc) is 2.90. The van der Waals surface area contributed by atoms with Gasteiger partial charge in [-0.1, -0.05) is 36.2 Å². The fraction of sp³-hybridized carbons (Fsp3) is 0.333. The predicted molar refractivity (Wildman–Crippen MR) is 101 cm³/mol. The fourth-order valence-corrected chi connectivity index (χ4v) is 5.00. The van der Waals surface area contributed by atoms with Crippen LogP contribution in [-0.4, -0.2) is 19.0 Å². The number of carbonyl (C=O) groups excluding carboxylic acids is 2. The molecule has 7 heteroatoms. The Morgan fingerprint density at radius 1 is 1.24 bits per heavy atom. The van der Waals surface area contributed by atoms with Crippen molar-refractivity contribution >= 4 is 51.4 Å². The van der Waals surface area contributed by atoms with Gasteiger partial charge in [0.25, 0.3) is 5.91 Å². The van der Waals surface area contributed by atoms with E-state index in [0.29, 0.717) is 16.5 Å². The fourth-order valence-electron chi connectivity index (χ4n) is 3.04. The zero-order valence-corrected chi connectivity index (χ0v) is 16.1. The molecule has 1 unspecified atom stereocenters. The first-order valence-electron chi connectivity index (χ1n) is 7.90.